The molecule has 0 saturated carbocycles. The minimum absolute atomic E-state index is 1.20. The van der Waals surface area contributed by atoms with Gasteiger partial charge in [0.15, 0.2) is 0 Å². The van der Waals surface area contributed by atoms with E-state index >= 15 is 0 Å². The molecule has 0 aliphatic carbocycles. The topological polar surface area (TPSA) is 4.41 Å². The molecule has 0 atom stereocenters. The Bertz CT molecular complexity index is 6040. The Morgan fingerprint density at radius 1 is 0.200 bits per heavy atom. The summed E-state index contributed by atoms with van der Waals surface area (Å²) in [5, 5.41) is 20.2. The summed E-state index contributed by atoms with van der Waals surface area (Å²) in [6.07, 6.45) is 0. The summed E-state index contributed by atoms with van der Waals surface area (Å²) in [4.78, 5) is 2.50. The zero-order valence-electron chi connectivity index (χ0n) is 49.0. The van der Waals surface area contributed by atoms with E-state index in [1.165, 1.54) is 190 Å². The van der Waals surface area contributed by atoms with Crippen molar-refractivity contribution in [3.8, 4) is 87.6 Å². The average molecular weight is 1160 g/mol. The van der Waals surface area contributed by atoms with Crippen molar-refractivity contribution in [1.82, 2.24) is 4.40 Å². The molecule has 0 bridgehead atoms. The van der Waals surface area contributed by atoms with Gasteiger partial charge in [-0.15, -0.1) is 11.3 Å². The number of hydrogen-bond donors (Lipinski definition) is 0. The second kappa shape index (κ2) is 20.1. The molecular weight excluding hydrogens is 1100 g/mol. The van der Waals surface area contributed by atoms with Gasteiger partial charge in [-0.3, -0.25) is 0 Å². The molecule has 0 aliphatic rings. The first-order valence-corrected chi connectivity index (χ1v) is 31.9. The Morgan fingerprint density at radius 3 is 1.16 bits per heavy atom. The number of fused-ring (bicyclic) bond motifs is 12. The number of rotatable bonds is 8. The molecule has 3 heterocycles. The van der Waals surface area contributed by atoms with Crippen LogP contribution in [0, 0.1) is 0 Å². The molecule has 416 valence electrons. The van der Waals surface area contributed by atoms with Crippen LogP contribution in [0.5, 0.6) is 0 Å². The largest absolute Gasteiger partial charge is 0.308 e. The highest BCUT2D eigenvalue weighted by atomic mass is 32.1. The van der Waals surface area contributed by atoms with Crippen molar-refractivity contribution in [3.05, 3.63) is 322 Å². The van der Waals surface area contributed by atoms with E-state index in [4.69, 9.17) is 0 Å². The number of thiophene rings is 1. The lowest BCUT2D eigenvalue weighted by molar-refractivity contribution is 1.37. The lowest BCUT2D eigenvalue weighted by Gasteiger charge is -2.18. The lowest BCUT2D eigenvalue weighted by Crippen LogP contribution is -1.91. The van der Waals surface area contributed by atoms with Gasteiger partial charge in [0.05, 0.1) is 16.6 Å². The maximum absolute atomic E-state index is 2.49. The van der Waals surface area contributed by atoms with Crippen molar-refractivity contribution < 1.29 is 0 Å². The van der Waals surface area contributed by atoms with E-state index in [1.54, 1.807) is 0 Å². The van der Waals surface area contributed by atoms with E-state index in [9.17, 15) is 0 Å². The van der Waals surface area contributed by atoms with E-state index < -0.39 is 0 Å². The Morgan fingerprint density at radius 2 is 0.567 bits per heavy atom. The predicted octanol–water partition coefficient (Wildman–Crippen LogP) is 25.2. The third kappa shape index (κ3) is 7.82. The van der Waals surface area contributed by atoms with Gasteiger partial charge in [0, 0.05) is 31.3 Å². The lowest BCUT2D eigenvalue weighted by atomic mass is 9.84. The normalized spacial score (nSPS) is 12.0. The monoisotopic (exact) mass is 1160 g/mol. The highest BCUT2D eigenvalue weighted by Crippen LogP contribution is 2.51. The molecule has 2 heteroatoms. The molecule has 0 fully saturated rings. The third-order valence-corrected chi connectivity index (χ3v) is 20.5. The first-order chi connectivity index (χ1) is 44.6. The number of para-hydroxylation sites is 2. The molecule has 0 N–H and O–H groups in total. The molecule has 0 radical (unpaired) electrons. The van der Waals surface area contributed by atoms with Crippen LogP contribution in [-0.4, -0.2) is 4.40 Å². The fraction of sp³-hybridized carbons (Fsp3) is 0. The molecule has 0 unspecified atom stereocenters. The zero-order chi connectivity index (χ0) is 59.0. The Balaban J connectivity index is 0.621. The van der Waals surface area contributed by atoms with Gasteiger partial charge in [0.2, 0.25) is 0 Å². The number of benzene rings is 16. The van der Waals surface area contributed by atoms with Crippen LogP contribution in [0.1, 0.15) is 0 Å². The molecule has 3 aromatic heterocycles. The van der Waals surface area contributed by atoms with Crippen LogP contribution in [0.25, 0.3) is 190 Å². The predicted molar refractivity (Wildman–Crippen MR) is 388 cm³/mol. The van der Waals surface area contributed by atoms with Gasteiger partial charge in [-0.05, 0) is 197 Å². The zero-order valence-corrected chi connectivity index (χ0v) is 49.8. The fourth-order valence-corrected chi connectivity index (χ4v) is 16.3. The third-order valence-electron chi connectivity index (χ3n) is 19.3. The highest BCUT2D eigenvalue weighted by molar-refractivity contribution is 7.18. The first-order valence-electron chi connectivity index (χ1n) is 31.1. The minimum atomic E-state index is 1.20. The van der Waals surface area contributed by atoms with Crippen LogP contribution in [0.15, 0.2) is 322 Å². The molecular formula is C88H53NS. The van der Waals surface area contributed by atoms with Gasteiger partial charge >= 0.3 is 0 Å². The van der Waals surface area contributed by atoms with E-state index in [2.05, 4.69) is 326 Å². The molecule has 19 aromatic rings. The summed E-state index contributed by atoms with van der Waals surface area (Å²) in [5.74, 6) is 0. The van der Waals surface area contributed by atoms with Crippen molar-refractivity contribution >= 4 is 114 Å². The van der Waals surface area contributed by atoms with Gasteiger partial charge in [0.1, 0.15) is 0 Å². The maximum Gasteiger partial charge on any atom is 0.0626 e. The fourth-order valence-electron chi connectivity index (χ4n) is 15.3. The summed E-state index contributed by atoms with van der Waals surface area (Å²) in [5.41, 5.74) is 21.1. The Kier molecular flexibility index (Phi) is 11.3. The second-order valence-corrected chi connectivity index (χ2v) is 25.3. The van der Waals surface area contributed by atoms with Gasteiger partial charge < -0.3 is 4.40 Å². The molecule has 0 amide bonds. The van der Waals surface area contributed by atoms with Crippen molar-refractivity contribution in [3.63, 3.8) is 0 Å². The van der Waals surface area contributed by atoms with Gasteiger partial charge in [-0.25, -0.2) is 0 Å². The molecule has 16 aromatic carbocycles. The van der Waals surface area contributed by atoms with Crippen LogP contribution in [0.4, 0.5) is 0 Å². The summed E-state index contributed by atoms with van der Waals surface area (Å²) in [6, 6.07) is 120. The smallest absolute Gasteiger partial charge is 0.0626 e. The van der Waals surface area contributed by atoms with Crippen molar-refractivity contribution in [2.45, 2.75) is 0 Å². The summed E-state index contributed by atoms with van der Waals surface area (Å²) >= 11 is 1.86. The maximum atomic E-state index is 2.49. The van der Waals surface area contributed by atoms with Crippen molar-refractivity contribution in [1.29, 1.82) is 0 Å². The van der Waals surface area contributed by atoms with Crippen molar-refractivity contribution in [2.75, 3.05) is 0 Å². The number of hydrogen-bond acceptors (Lipinski definition) is 1. The van der Waals surface area contributed by atoms with Crippen LogP contribution < -0.4 is 0 Å². The summed E-state index contributed by atoms with van der Waals surface area (Å²) in [6.45, 7) is 0. The summed E-state index contributed by atoms with van der Waals surface area (Å²) < 4.78 is 2.49. The van der Waals surface area contributed by atoms with E-state index in [1.807, 2.05) is 11.3 Å². The molecule has 0 aliphatic heterocycles. The Labute approximate surface area is 524 Å². The molecule has 0 spiro atoms. The van der Waals surface area contributed by atoms with Crippen molar-refractivity contribution in [2.24, 2.45) is 0 Å². The second-order valence-electron chi connectivity index (χ2n) is 24.2. The van der Waals surface area contributed by atoms with Crippen LogP contribution in [-0.2, 0) is 0 Å². The van der Waals surface area contributed by atoms with E-state index in [-0.39, 0.29) is 0 Å². The standard InChI is InChI=1S/C88H53NS/c1-2-18-57-52-66(44-37-54(57)17-1)85-70-26-5-3-24-68(70)84(69-25-4-6-27-71(69)85)65-22-16-21-64(53-65)82-48-47-81(90-82)63-20-15-19-58(51-63)60-42-43-61-49-59(40-41-62(61)50-60)55-35-38-56(39-36-55)83-72-28-7-9-30-74(72)86(75-31-10-8-29-73(75)83)78-46-45-76-67-23-11-13-33-79(67)89-80-34-14-12-32-77(80)87(78)88(76)89/h1-53H. The average Bonchev–Trinajstić information content (AvgIpc) is 1.50. The van der Waals surface area contributed by atoms with Crippen LogP contribution in [0.2, 0.25) is 0 Å². The minimum Gasteiger partial charge on any atom is -0.308 e. The highest BCUT2D eigenvalue weighted by Gasteiger charge is 2.25. The van der Waals surface area contributed by atoms with Crippen LogP contribution >= 0.6 is 11.3 Å². The van der Waals surface area contributed by atoms with Crippen LogP contribution in [0.3, 0.4) is 0 Å². The van der Waals surface area contributed by atoms with E-state index in [0.29, 0.717) is 0 Å². The first kappa shape index (κ1) is 50.7. The van der Waals surface area contributed by atoms with Gasteiger partial charge in [-0.2, -0.15) is 0 Å². The van der Waals surface area contributed by atoms with E-state index in [0.717, 1.165) is 0 Å². The molecule has 90 heavy (non-hydrogen) atoms. The number of aromatic nitrogens is 1. The molecule has 1 nitrogen and oxygen atoms in total. The molecule has 0 saturated heterocycles. The quantitative estimate of drug-likeness (QED) is 0.134. The molecule has 19 rings (SSSR count). The SMILES string of the molecule is c1cc(-c2ccc3cc(-c4ccc(-c5c6ccccc6c(-c6ccc7c8ccccc8n8c9ccccc9c6c78)c6ccccc56)cc4)ccc3c2)cc(-c2ccc(-c3cccc(-c4c5ccccc5c(-c5ccc6ccccc6c5)c5ccccc45)c3)s2)c1. The van der Waals surface area contributed by atoms with Gasteiger partial charge in [-0.1, -0.05) is 267 Å². The van der Waals surface area contributed by atoms with Gasteiger partial charge in [0.25, 0.3) is 0 Å². The number of nitrogens with zero attached hydrogens (tertiary/aromatic N) is 1. The summed E-state index contributed by atoms with van der Waals surface area (Å²) in [7, 11) is 0. The Hall–Kier alpha value is -11.4.